The summed E-state index contributed by atoms with van der Waals surface area (Å²) in [5, 5.41) is 8.69. The average molecular weight is 397 g/mol. The summed E-state index contributed by atoms with van der Waals surface area (Å²) in [6, 6.07) is 2.03. The van der Waals surface area contributed by atoms with Crippen LogP contribution in [0.3, 0.4) is 0 Å². The molecular weight excluding hydrogens is 370 g/mol. The van der Waals surface area contributed by atoms with Gasteiger partial charge in [-0.2, -0.15) is 5.10 Å². The van der Waals surface area contributed by atoms with E-state index in [2.05, 4.69) is 9.84 Å². The van der Waals surface area contributed by atoms with E-state index in [9.17, 15) is 9.59 Å². The Morgan fingerprint density at radius 2 is 1.97 bits per heavy atom. The van der Waals surface area contributed by atoms with Gasteiger partial charge in [-0.3, -0.25) is 14.5 Å². The first-order valence-electron chi connectivity index (χ1n) is 10.5. The van der Waals surface area contributed by atoms with Crippen LogP contribution in [-0.2, 0) is 10.3 Å². The van der Waals surface area contributed by atoms with Crippen LogP contribution in [-0.4, -0.2) is 51.3 Å². The predicted octanol–water partition coefficient (Wildman–Crippen LogP) is 2.57. The summed E-state index contributed by atoms with van der Waals surface area (Å²) >= 11 is 0. The number of carbonyl (C=O) groups excluding carboxylic acids is 2. The number of fused-ring (bicyclic) bond motifs is 2. The Morgan fingerprint density at radius 3 is 2.59 bits per heavy atom. The fourth-order valence-corrected chi connectivity index (χ4v) is 4.82. The summed E-state index contributed by atoms with van der Waals surface area (Å²) in [5.41, 5.74) is 1.79. The Hall–Kier alpha value is -2.64. The van der Waals surface area contributed by atoms with Gasteiger partial charge >= 0.3 is 0 Å². The molecule has 8 nitrogen and oxygen atoms in total. The quantitative estimate of drug-likeness (QED) is 0.795. The first-order valence-corrected chi connectivity index (χ1v) is 10.5. The average Bonchev–Trinajstić information content (AvgIpc) is 3.33. The molecule has 1 saturated carbocycles. The Bertz CT molecular complexity index is 959. The lowest BCUT2D eigenvalue weighted by Gasteiger charge is -2.46. The minimum atomic E-state index is -0.337. The van der Waals surface area contributed by atoms with E-state index in [0.717, 1.165) is 30.9 Å². The van der Waals surface area contributed by atoms with Crippen molar-refractivity contribution in [2.75, 3.05) is 24.5 Å². The predicted molar refractivity (Wildman–Crippen MR) is 106 cm³/mol. The van der Waals surface area contributed by atoms with Crippen LogP contribution in [0.1, 0.15) is 59.6 Å². The Balaban J connectivity index is 1.39. The summed E-state index contributed by atoms with van der Waals surface area (Å²) in [4.78, 5) is 29.9. The molecule has 2 fully saturated rings. The van der Waals surface area contributed by atoms with Crippen molar-refractivity contribution in [3.8, 4) is 0 Å². The summed E-state index contributed by atoms with van der Waals surface area (Å²) in [6.07, 6.45) is 4.32. The Morgan fingerprint density at radius 1 is 1.24 bits per heavy atom. The Kier molecular flexibility index (Phi) is 4.08. The number of aromatic nitrogens is 3. The van der Waals surface area contributed by atoms with Gasteiger partial charge in [-0.25, -0.2) is 4.68 Å². The molecule has 154 valence electrons. The second-order valence-corrected chi connectivity index (χ2v) is 8.90. The second-order valence-electron chi connectivity index (χ2n) is 8.90. The number of piperidine rings is 1. The number of aryl methyl sites for hydroxylation is 3. The van der Waals surface area contributed by atoms with Crippen molar-refractivity contribution in [1.29, 1.82) is 0 Å². The maximum atomic E-state index is 13.1. The smallest absolute Gasteiger partial charge is 0.259 e. The molecule has 3 aliphatic rings. The number of likely N-dealkylation sites (tertiary alicyclic amines) is 1. The molecule has 4 heterocycles. The molecule has 0 aromatic carbocycles. The van der Waals surface area contributed by atoms with Gasteiger partial charge < -0.3 is 9.42 Å². The minimum Gasteiger partial charge on any atom is -0.361 e. The number of anilines is 1. The number of hydrogen-bond donors (Lipinski definition) is 0. The van der Waals surface area contributed by atoms with E-state index in [1.54, 1.807) is 13.8 Å². The molecule has 5 rings (SSSR count). The van der Waals surface area contributed by atoms with Gasteiger partial charge in [-0.1, -0.05) is 5.16 Å². The van der Waals surface area contributed by atoms with E-state index < -0.39 is 0 Å². The van der Waals surface area contributed by atoms with Crippen LogP contribution < -0.4 is 4.90 Å². The largest absolute Gasteiger partial charge is 0.361 e. The van der Waals surface area contributed by atoms with Gasteiger partial charge in [0.25, 0.3) is 5.91 Å². The lowest BCUT2D eigenvalue weighted by atomic mass is 9.82. The van der Waals surface area contributed by atoms with Gasteiger partial charge in [-0.15, -0.1) is 0 Å². The molecule has 2 aliphatic heterocycles. The van der Waals surface area contributed by atoms with Crippen molar-refractivity contribution < 1.29 is 14.1 Å². The van der Waals surface area contributed by atoms with Crippen LogP contribution >= 0.6 is 0 Å². The molecule has 0 unspecified atom stereocenters. The highest BCUT2D eigenvalue weighted by Crippen LogP contribution is 2.43. The highest BCUT2D eigenvalue weighted by atomic mass is 16.5. The maximum absolute atomic E-state index is 13.1. The molecule has 1 aliphatic carbocycles. The molecule has 0 atom stereocenters. The molecule has 2 aromatic rings. The van der Waals surface area contributed by atoms with Crippen LogP contribution in [0.25, 0.3) is 0 Å². The summed E-state index contributed by atoms with van der Waals surface area (Å²) in [6.45, 7) is 7.54. The van der Waals surface area contributed by atoms with Crippen molar-refractivity contribution in [1.82, 2.24) is 19.8 Å². The van der Waals surface area contributed by atoms with E-state index in [1.165, 1.54) is 12.8 Å². The summed E-state index contributed by atoms with van der Waals surface area (Å²) < 4.78 is 7.25. The molecule has 0 N–H and O–H groups in total. The third-order valence-corrected chi connectivity index (χ3v) is 6.69. The molecule has 29 heavy (non-hydrogen) atoms. The van der Waals surface area contributed by atoms with E-state index in [4.69, 9.17) is 9.62 Å². The number of hydrogen-bond acceptors (Lipinski definition) is 5. The molecule has 0 radical (unpaired) electrons. The van der Waals surface area contributed by atoms with Gasteiger partial charge in [0.2, 0.25) is 5.91 Å². The molecule has 1 saturated heterocycles. The van der Waals surface area contributed by atoms with E-state index >= 15 is 0 Å². The van der Waals surface area contributed by atoms with Gasteiger partial charge in [0.15, 0.2) is 0 Å². The fourth-order valence-electron chi connectivity index (χ4n) is 4.82. The maximum Gasteiger partial charge on any atom is 0.259 e. The van der Waals surface area contributed by atoms with E-state index in [0.29, 0.717) is 42.4 Å². The van der Waals surface area contributed by atoms with Crippen LogP contribution in [0.5, 0.6) is 0 Å². The zero-order chi connectivity index (χ0) is 20.3. The normalized spacial score (nSPS) is 21.0. The standard InChI is InChI=1S/C21H27N5O3/c1-13-10-17-25(12-16-4-5-16)18(27)11-21(26(17)22-13)6-8-24(9-7-21)20(28)19-14(2)23-29-15(19)3/h10,16H,4-9,11-12H2,1-3H3. The first-order chi connectivity index (χ1) is 13.9. The molecule has 2 aromatic heterocycles. The van der Waals surface area contributed by atoms with E-state index in [-0.39, 0.29) is 17.4 Å². The highest BCUT2D eigenvalue weighted by Gasteiger charge is 2.47. The zero-order valence-electron chi connectivity index (χ0n) is 17.3. The first kappa shape index (κ1) is 18.4. The van der Waals surface area contributed by atoms with Gasteiger partial charge in [0.1, 0.15) is 17.1 Å². The highest BCUT2D eigenvalue weighted by molar-refractivity contribution is 5.96. The van der Waals surface area contributed by atoms with Crippen molar-refractivity contribution in [3.05, 3.63) is 28.8 Å². The zero-order valence-corrected chi connectivity index (χ0v) is 17.3. The van der Waals surface area contributed by atoms with Crippen LogP contribution in [0.4, 0.5) is 5.82 Å². The van der Waals surface area contributed by atoms with Crippen LogP contribution in [0.2, 0.25) is 0 Å². The van der Waals surface area contributed by atoms with Crippen molar-refractivity contribution in [2.45, 2.75) is 58.4 Å². The van der Waals surface area contributed by atoms with Crippen LogP contribution in [0, 0.1) is 26.7 Å². The van der Waals surface area contributed by atoms with Crippen molar-refractivity contribution >= 4 is 17.6 Å². The lowest BCUT2D eigenvalue weighted by molar-refractivity contribution is -0.122. The van der Waals surface area contributed by atoms with Gasteiger partial charge in [0.05, 0.1) is 23.3 Å². The molecule has 8 heteroatoms. The number of nitrogens with zero attached hydrogens (tertiary/aromatic N) is 5. The third kappa shape index (κ3) is 2.96. The Labute approximate surface area is 169 Å². The van der Waals surface area contributed by atoms with Gasteiger partial charge in [0, 0.05) is 25.7 Å². The number of amides is 2. The van der Waals surface area contributed by atoms with Crippen molar-refractivity contribution in [2.24, 2.45) is 5.92 Å². The molecule has 1 spiro atoms. The molecule has 2 amide bonds. The summed E-state index contributed by atoms with van der Waals surface area (Å²) in [7, 11) is 0. The summed E-state index contributed by atoms with van der Waals surface area (Å²) in [5.74, 6) is 2.27. The third-order valence-electron chi connectivity index (χ3n) is 6.69. The van der Waals surface area contributed by atoms with E-state index in [1.807, 2.05) is 22.8 Å². The molecular formula is C21H27N5O3. The number of rotatable bonds is 3. The monoisotopic (exact) mass is 397 g/mol. The molecule has 0 bridgehead atoms. The van der Waals surface area contributed by atoms with Crippen LogP contribution in [0.15, 0.2) is 10.6 Å². The fraction of sp³-hybridized carbons (Fsp3) is 0.619. The SMILES string of the molecule is Cc1cc2n(n1)C1(CCN(C(=O)c3c(C)noc3C)CC1)CC(=O)N2CC1CC1. The lowest BCUT2D eigenvalue weighted by Crippen LogP contribution is -2.55. The number of carbonyl (C=O) groups is 2. The van der Waals surface area contributed by atoms with Crippen molar-refractivity contribution in [3.63, 3.8) is 0 Å². The second kappa shape index (κ2) is 6.43. The van der Waals surface area contributed by atoms with Gasteiger partial charge in [-0.05, 0) is 52.4 Å². The minimum absolute atomic E-state index is 0.0366. The topological polar surface area (TPSA) is 84.5 Å².